The zero-order chi connectivity index (χ0) is 40.8. The molecule has 8 N–H and O–H groups in total. The summed E-state index contributed by atoms with van der Waals surface area (Å²) in [4.78, 5) is 70.8. The topological polar surface area (TPSA) is 255 Å². The maximum absolute atomic E-state index is 13.8. The number of pyridine rings is 2. The molecule has 0 bridgehead atoms. The Bertz CT molecular complexity index is 3090. The van der Waals surface area contributed by atoms with Gasteiger partial charge in [0.15, 0.2) is 5.43 Å². The molecular formula is C43H29N5O10. The number of aromatic nitrogens is 2. The number of carbonyl (C=O) groups is 4. The molecule has 0 radical (unpaired) electrons. The van der Waals surface area contributed by atoms with Crippen LogP contribution in [0.5, 0.6) is 0 Å². The van der Waals surface area contributed by atoms with Gasteiger partial charge in [-0.3, -0.25) is 4.79 Å². The Morgan fingerprint density at radius 1 is 0.621 bits per heavy atom. The zero-order valence-electron chi connectivity index (χ0n) is 29.9. The maximum atomic E-state index is 13.8. The molecule has 3 heterocycles. The number of anilines is 3. The van der Waals surface area contributed by atoms with Gasteiger partial charge in [-0.05, 0) is 72.3 Å². The molecule has 6 aromatic rings. The minimum Gasteiger partial charge on any atom is -0.478 e. The van der Waals surface area contributed by atoms with E-state index >= 15 is 0 Å². The van der Waals surface area contributed by atoms with Gasteiger partial charge in [0.05, 0.1) is 39.1 Å². The molecule has 2 aliphatic rings. The second-order valence-electron chi connectivity index (χ2n) is 13.2. The highest BCUT2D eigenvalue weighted by Crippen LogP contribution is 2.45. The molecule has 0 fully saturated rings. The highest BCUT2D eigenvalue weighted by molar-refractivity contribution is 6.10. The number of nitrogens with zero attached hydrogens (tertiary/aromatic N) is 2. The molecule has 0 unspecified atom stereocenters. The molecule has 1 aliphatic carbocycles. The zero-order valence-corrected chi connectivity index (χ0v) is 29.9. The Morgan fingerprint density at radius 2 is 1.22 bits per heavy atom. The fraction of sp³-hybridized carbons (Fsp3) is 0.0465. The second kappa shape index (κ2) is 14.4. The van der Waals surface area contributed by atoms with Crippen molar-refractivity contribution in [2.24, 2.45) is 0 Å². The summed E-state index contributed by atoms with van der Waals surface area (Å²) in [6, 6.07) is 26.1. The molecule has 15 heteroatoms. The summed E-state index contributed by atoms with van der Waals surface area (Å²) in [5.41, 5.74) is 8.51. The molecule has 1 aliphatic heterocycles. The third-order valence-corrected chi connectivity index (χ3v) is 9.81. The summed E-state index contributed by atoms with van der Waals surface area (Å²) >= 11 is 0. The van der Waals surface area contributed by atoms with Crippen LogP contribution < -0.4 is 21.8 Å². The van der Waals surface area contributed by atoms with E-state index in [4.69, 9.17) is 10.2 Å². The smallest absolute Gasteiger partial charge is 0.354 e. The minimum absolute atomic E-state index is 0.0189. The number of nitrogens with one attached hydrogen (secondary N) is 2. The lowest BCUT2D eigenvalue weighted by molar-refractivity contribution is 0.0680. The van der Waals surface area contributed by atoms with Crippen LogP contribution in [0.2, 0.25) is 0 Å². The number of benzene rings is 5. The molecule has 4 aromatic carbocycles. The average Bonchev–Trinajstić information content (AvgIpc) is 3.21. The van der Waals surface area contributed by atoms with Crippen molar-refractivity contribution in [3.63, 3.8) is 0 Å². The van der Waals surface area contributed by atoms with E-state index in [0.29, 0.717) is 49.7 Å². The van der Waals surface area contributed by atoms with E-state index in [-0.39, 0.29) is 69.3 Å². The van der Waals surface area contributed by atoms with Gasteiger partial charge in [-0.1, -0.05) is 36.4 Å². The van der Waals surface area contributed by atoms with Crippen molar-refractivity contribution in [1.82, 2.24) is 9.97 Å². The molecule has 0 spiro atoms. The van der Waals surface area contributed by atoms with E-state index in [1.54, 1.807) is 60.7 Å². The molecule has 286 valence electrons. The first kappa shape index (κ1) is 36.6. The van der Waals surface area contributed by atoms with Crippen LogP contribution in [-0.2, 0) is 13.1 Å². The highest BCUT2D eigenvalue weighted by atomic mass is 16.4. The minimum atomic E-state index is -1.33. The maximum Gasteiger partial charge on any atom is 0.354 e. The SMILES string of the molecule is Nc1ccc2c(-c3cc(C(=O)O)ccc3C(=O)O)c3ccc(=O)c(CNc4cccc5ccc(C(=O)O)nc45)c-3oc2c1CNc1cccc2ccc(C(=O)O)nc12. The number of carboxylic acid groups (broad SMARTS) is 4. The van der Waals surface area contributed by atoms with Crippen molar-refractivity contribution in [1.29, 1.82) is 0 Å². The number of hydrogen-bond donors (Lipinski definition) is 7. The number of nitrogen functional groups attached to an aromatic ring is 1. The van der Waals surface area contributed by atoms with Crippen LogP contribution in [0.1, 0.15) is 52.8 Å². The Hall–Kier alpha value is -8.33. The fourth-order valence-electron chi connectivity index (χ4n) is 7.02. The molecule has 8 rings (SSSR count). The largest absolute Gasteiger partial charge is 0.478 e. The molecular weight excluding hydrogens is 746 g/mol. The lowest BCUT2D eigenvalue weighted by Gasteiger charge is -2.22. The first-order valence-electron chi connectivity index (χ1n) is 17.5. The molecule has 0 saturated carbocycles. The molecule has 0 saturated heterocycles. The number of carboxylic acids is 4. The first-order chi connectivity index (χ1) is 27.9. The monoisotopic (exact) mass is 775 g/mol. The van der Waals surface area contributed by atoms with Gasteiger partial charge in [0.2, 0.25) is 0 Å². The van der Waals surface area contributed by atoms with Crippen LogP contribution >= 0.6 is 0 Å². The number of rotatable bonds is 11. The fourth-order valence-corrected chi connectivity index (χ4v) is 7.02. The second-order valence-corrected chi connectivity index (χ2v) is 13.2. The summed E-state index contributed by atoms with van der Waals surface area (Å²) in [6.07, 6.45) is 0. The Labute approximate surface area is 326 Å². The standard InChI is InChI=1S/C43H29N5O10/c44-29-13-11-24-35(26-17-22(40(50)51)7-10-23(26)41(52)53)25-12-16-34(49)28(19-46-31-6-2-4-21-9-15-33(43(56)57)48-37(21)31)39(25)58-38(24)27(29)18-45-30-5-1-3-20-8-14-32(42(54)55)47-36(20)30/h1-17,45-46H,18-19,44H2,(H,50,51)(H,52,53)(H,54,55)(H,56,57). The van der Waals surface area contributed by atoms with Crippen LogP contribution in [0.15, 0.2) is 112 Å². The van der Waals surface area contributed by atoms with E-state index in [1.807, 2.05) is 0 Å². The van der Waals surface area contributed by atoms with Crippen molar-refractivity contribution in [3.05, 3.63) is 147 Å². The number of fused-ring (bicyclic) bond motifs is 4. The molecule has 15 nitrogen and oxygen atoms in total. The molecule has 58 heavy (non-hydrogen) atoms. The Morgan fingerprint density at radius 3 is 1.79 bits per heavy atom. The van der Waals surface area contributed by atoms with Gasteiger partial charge < -0.3 is 41.2 Å². The van der Waals surface area contributed by atoms with Gasteiger partial charge >= 0.3 is 23.9 Å². The summed E-state index contributed by atoms with van der Waals surface area (Å²) in [6.45, 7) is -0.179. The van der Waals surface area contributed by atoms with E-state index in [9.17, 15) is 44.4 Å². The van der Waals surface area contributed by atoms with E-state index in [2.05, 4.69) is 20.6 Å². The van der Waals surface area contributed by atoms with Crippen molar-refractivity contribution in [2.75, 3.05) is 16.4 Å². The number of nitrogens with two attached hydrogens (primary N) is 1. The van der Waals surface area contributed by atoms with Crippen molar-refractivity contribution < 1.29 is 44.0 Å². The highest BCUT2D eigenvalue weighted by Gasteiger charge is 2.27. The van der Waals surface area contributed by atoms with Crippen LogP contribution in [0, 0.1) is 0 Å². The number of para-hydroxylation sites is 2. The number of aromatic carboxylic acids is 4. The summed E-state index contributed by atoms with van der Waals surface area (Å²) in [5.74, 6) is -5.00. The summed E-state index contributed by atoms with van der Waals surface area (Å²) < 4.78 is 6.65. The van der Waals surface area contributed by atoms with E-state index in [1.165, 1.54) is 42.5 Å². The van der Waals surface area contributed by atoms with Gasteiger partial charge in [-0.25, -0.2) is 29.1 Å². The summed E-state index contributed by atoms with van der Waals surface area (Å²) in [5, 5.41) is 47.6. The molecule has 0 atom stereocenters. The van der Waals surface area contributed by atoms with Gasteiger partial charge in [-0.15, -0.1) is 0 Å². The van der Waals surface area contributed by atoms with Crippen LogP contribution in [0.4, 0.5) is 17.1 Å². The Balaban J connectivity index is 1.34. The van der Waals surface area contributed by atoms with E-state index < -0.39 is 29.3 Å². The van der Waals surface area contributed by atoms with Crippen molar-refractivity contribution >= 4 is 73.7 Å². The van der Waals surface area contributed by atoms with Crippen LogP contribution in [0.25, 0.3) is 55.2 Å². The predicted octanol–water partition coefficient (Wildman–Crippen LogP) is 7.26. The number of hydrogen-bond acceptors (Lipinski definition) is 11. The quantitative estimate of drug-likeness (QED) is 0.0504. The summed E-state index contributed by atoms with van der Waals surface area (Å²) in [7, 11) is 0. The Kier molecular flexibility index (Phi) is 9.09. The van der Waals surface area contributed by atoms with Gasteiger partial charge in [0.25, 0.3) is 0 Å². The van der Waals surface area contributed by atoms with Crippen LogP contribution in [-0.4, -0.2) is 54.3 Å². The molecule has 0 amide bonds. The third-order valence-electron chi connectivity index (χ3n) is 9.81. The third kappa shape index (κ3) is 6.47. The average molecular weight is 776 g/mol. The van der Waals surface area contributed by atoms with Gasteiger partial charge in [-0.2, -0.15) is 0 Å². The lowest BCUT2D eigenvalue weighted by atomic mass is 9.87. The van der Waals surface area contributed by atoms with Crippen molar-refractivity contribution in [3.8, 4) is 22.5 Å². The van der Waals surface area contributed by atoms with Gasteiger partial charge in [0.1, 0.15) is 22.7 Å². The van der Waals surface area contributed by atoms with Gasteiger partial charge in [0, 0.05) is 51.6 Å². The van der Waals surface area contributed by atoms with Crippen molar-refractivity contribution in [2.45, 2.75) is 13.1 Å². The van der Waals surface area contributed by atoms with E-state index in [0.717, 1.165) is 0 Å². The normalized spacial score (nSPS) is 11.2. The lowest BCUT2D eigenvalue weighted by Crippen LogP contribution is -2.16. The predicted molar refractivity (Wildman–Crippen MR) is 215 cm³/mol. The first-order valence-corrected chi connectivity index (χ1v) is 17.5. The molecule has 2 aromatic heterocycles. The van der Waals surface area contributed by atoms with Crippen LogP contribution in [0.3, 0.4) is 0 Å².